The van der Waals surface area contributed by atoms with E-state index in [4.69, 9.17) is 4.74 Å². The number of ether oxygens (including phenoxy) is 1. The van der Waals surface area contributed by atoms with Gasteiger partial charge < -0.3 is 9.64 Å². The van der Waals surface area contributed by atoms with Gasteiger partial charge in [0.15, 0.2) is 0 Å². The molecule has 0 bridgehead atoms. The number of carbonyl (C=O) groups is 1. The Kier molecular flexibility index (Phi) is 6.11. The van der Waals surface area contributed by atoms with E-state index in [0.717, 1.165) is 38.2 Å². The Morgan fingerprint density at radius 2 is 1.96 bits per heavy atom. The van der Waals surface area contributed by atoms with E-state index < -0.39 is 0 Å². The molecule has 1 aliphatic rings. The van der Waals surface area contributed by atoms with Gasteiger partial charge in [0.25, 0.3) is 0 Å². The van der Waals surface area contributed by atoms with E-state index in [1.165, 1.54) is 11.6 Å². The van der Waals surface area contributed by atoms with E-state index in [9.17, 15) is 9.18 Å². The summed E-state index contributed by atoms with van der Waals surface area (Å²) in [5.74, 6) is 0.560. The molecule has 1 amide bonds. The van der Waals surface area contributed by atoms with Crippen LogP contribution >= 0.6 is 0 Å². The Morgan fingerprint density at radius 1 is 1.22 bits per heavy atom. The number of hydrogen-bond acceptors (Lipinski definition) is 3. The molecular weight excluding hydrogens is 343 g/mol. The number of piperidine rings is 1. The molecule has 4 nitrogen and oxygen atoms in total. The number of benzene rings is 2. The third kappa shape index (κ3) is 4.66. The maximum Gasteiger partial charge on any atom is 0.224 e. The molecule has 0 spiro atoms. The summed E-state index contributed by atoms with van der Waals surface area (Å²) in [7, 11) is 1.68. The molecule has 1 fully saturated rings. The van der Waals surface area contributed by atoms with Crippen LogP contribution in [0.1, 0.15) is 30.9 Å². The van der Waals surface area contributed by atoms with Gasteiger partial charge in [-0.05, 0) is 55.2 Å². The van der Waals surface area contributed by atoms with Crippen LogP contribution in [0.4, 0.5) is 10.1 Å². The summed E-state index contributed by atoms with van der Waals surface area (Å²) in [6.07, 6.45) is 1.75. The molecule has 0 aromatic heterocycles. The van der Waals surface area contributed by atoms with Crippen LogP contribution in [0, 0.1) is 12.7 Å². The number of rotatable bonds is 5. The highest BCUT2D eigenvalue weighted by Gasteiger charge is 2.27. The molecule has 0 atom stereocenters. The molecule has 2 aromatic carbocycles. The molecule has 0 aliphatic carbocycles. The molecule has 5 heteroatoms. The van der Waals surface area contributed by atoms with E-state index in [0.29, 0.717) is 11.3 Å². The van der Waals surface area contributed by atoms with E-state index in [1.807, 2.05) is 18.2 Å². The molecule has 144 valence electrons. The summed E-state index contributed by atoms with van der Waals surface area (Å²) >= 11 is 0. The second-order valence-electron chi connectivity index (χ2n) is 7.18. The third-order valence-corrected chi connectivity index (χ3v) is 5.24. The van der Waals surface area contributed by atoms with Crippen molar-refractivity contribution in [3.8, 4) is 5.75 Å². The van der Waals surface area contributed by atoms with E-state index in [-0.39, 0.29) is 17.8 Å². The third-order valence-electron chi connectivity index (χ3n) is 5.24. The second-order valence-corrected chi connectivity index (χ2v) is 7.18. The standard InChI is InChI=1S/C22H27FN2O2/c1-16-7-8-20(14-22(16)23)25(17(2)26)19-9-11-24(12-10-19)15-18-5-4-6-21(13-18)27-3/h4-8,13-14,19H,9-12,15H2,1-3H3. The number of aryl methyl sites for hydroxylation is 1. The van der Waals surface area contributed by atoms with Crippen molar-refractivity contribution in [3.63, 3.8) is 0 Å². The largest absolute Gasteiger partial charge is 0.497 e. The molecule has 2 aromatic rings. The number of likely N-dealkylation sites (tertiary alicyclic amines) is 1. The second kappa shape index (κ2) is 8.53. The summed E-state index contributed by atoms with van der Waals surface area (Å²) in [4.78, 5) is 16.4. The molecule has 3 rings (SSSR count). The summed E-state index contributed by atoms with van der Waals surface area (Å²) in [6, 6.07) is 13.3. The average molecular weight is 370 g/mol. The Morgan fingerprint density at radius 3 is 2.59 bits per heavy atom. The lowest BCUT2D eigenvalue weighted by atomic mass is 10.0. The van der Waals surface area contributed by atoms with E-state index in [1.54, 1.807) is 31.9 Å². The first kappa shape index (κ1) is 19.4. The molecule has 0 radical (unpaired) electrons. The summed E-state index contributed by atoms with van der Waals surface area (Å²) in [5.41, 5.74) is 2.46. The van der Waals surface area contributed by atoms with Gasteiger partial charge in [0.05, 0.1) is 7.11 Å². The molecule has 1 aliphatic heterocycles. The van der Waals surface area contributed by atoms with Gasteiger partial charge in [-0.3, -0.25) is 9.69 Å². The van der Waals surface area contributed by atoms with Crippen LogP contribution in [0.3, 0.4) is 0 Å². The van der Waals surface area contributed by atoms with Crippen molar-refractivity contribution < 1.29 is 13.9 Å². The van der Waals surface area contributed by atoms with Crippen molar-refractivity contribution in [1.82, 2.24) is 4.90 Å². The zero-order chi connectivity index (χ0) is 19.4. The maximum atomic E-state index is 14.0. The SMILES string of the molecule is COc1cccc(CN2CCC(N(C(C)=O)c3ccc(C)c(F)c3)CC2)c1. The van der Waals surface area contributed by atoms with E-state index >= 15 is 0 Å². The zero-order valence-corrected chi connectivity index (χ0v) is 16.2. The van der Waals surface area contributed by atoms with Crippen molar-refractivity contribution >= 4 is 11.6 Å². The normalized spacial score (nSPS) is 15.6. The van der Waals surface area contributed by atoms with Crippen molar-refractivity contribution in [2.45, 2.75) is 39.3 Å². The van der Waals surface area contributed by atoms with Crippen LogP contribution in [0.15, 0.2) is 42.5 Å². The lowest BCUT2D eigenvalue weighted by Crippen LogP contribution is -2.46. The number of anilines is 1. The van der Waals surface area contributed by atoms with E-state index in [2.05, 4.69) is 17.0 Å². The fourth-order valence-corrected chi connectivity index (χ4v) is 3.75. The van der Waals surface area contributed by atoms with Crippen LogP contribution in [0.2, 0.25) is 0 Å². The minimum atomic E-state index is -0.269. The molecule has 0 N–H and O–H groups in total. The first-order valence-electron chi connectivity index (χ1n) is 9.39. The predicted octanol–water partition coefficient (Wildman–Crippen LogP) is 4.16. The topological polar surface area (TPSA) is 32.8 Å². The van der Waals surface area contributed by atoms with Gasteiger partial charge in [-0.1, -0.05) is 18.2 Å². The number of nitrogens with zero attached hydrogens (tertiary/aromatic N) is 2. The number of amides is 1. The molecule has 1 heterocycles. The summed E-state index contributed by atoms with van der Waals surface area (Å²) in [6.45, 7) is 5.96. The van der Waals surface area contributed by atoms with Crippen molar-refractivity contribution in [1.29, 1.82) is 0 Å². The van der Waals surface area contributed by atoms with Gasteiger partial charge in [-0.25, -0.2) is 4.39 Å². The molecule has 27 heavy (non-hydrogen) atoms. The number of halogens is 1. The van der Waals surface area contributed by atoms with Crippen LogP contribution in [-0.2, 0) is 11.3 Å². The van der Waals surface area contributed by atoms with Crippen molar-refractivity contribution in [3.05, 3.63) is 59.4 Å². The minimum absolute atomic E-state index is 0.0375. The molecular formula is C22H27FN2O2. The van der Waals surface area contributed by atoms with Crippen LogP contribution < -0.4 is 9.64 Å². The van der Waals surface area contributed by atoms with Crippen LogP contribution in [0.25, 0.3) is 0 Å². The highest BCUT2D eigenvalue weighted by atomic mass is 19.1. The van der Waals surface area contributed by atoms with Gasteiger partial charge in [0, 0.05) is 38.3 Å². The predicted molar refractivity (Wildman–Crippen MR) is 106 cm³/mol. The summed E-state index contributed by atoms with van der Waals surface area (Å²) in [5, 5.41) is 0. The number of methoxy groups -OCH3 is 1. The average Bonchev–Trinajstić information content (AvgIpc) is 2.66. The highest BCUT2D eigenvalue weighted by molar-refractivity contribution is 5.92. The fraction of sp³-hybridized carbons (Fsp3) is 0.409. The Balaban J connectivity index is 1.65. The lowest BCUT2D eigenvalue weighted by molar-refractivity contribution is -0.117. The Bertz CT molecular complexity index is 801. The zero-order valence-electron chi connectivity index (χ0n) is 16.2. The summed E-state index contributed by atoms with van der Waals surface area (Å²) < 4.78 is 19.3. The quantitative estimate of drug-likeness (QED) is 0.792. The first-order chi connectivity index (χ1) is 13.0. The van der Waals surface area contributed by atoms with Crippen molar-refractivity contribution in [2.24, 2.45) is 0 Å². The number of hydrogen-bond donors (Lipinski definition) is 0. The van der Waals surface area contributed by atoms with Gasteiger partial charge in [0.1, 0.15) is 11.6 Å². The minimum Gasteiger partial charge on any atom is -0.497 e. The van der Waals surface area contributed by atoms with Crippen LogP contribution in [0.5, 0.6) is 5.75 Å². The monoisotopic (exact) mass is 370 g/mol. The first-order valence-corrected chi connectivity index (χ1v) is 9.39. The van der Waals surface area contributed by atoms with Gasteiger partial charge in [-0.2, -0.15) is 0 Å². The fourth-order valence-electron chi connectivity index (χ4n) is 3.75. The van der Waals surface area contributed by atoms with Gasteiger partial charge in [0.2, 0.25) is 5.91 Å². The number of carbonyl (C=O) groups excluding carboxylic acids is 1. The smallest absolute Gasteiger partial charge is 0.224 e. The van der Waals surface area contributed by atoms with Gasteiger partial charge >= 0.3 is 0 Å². The molecule has 0 saturated carbocycles. The molecule has 1 saturated heterocycles. The van der Waals surface area contributed by atoms with Crippen LogP contribution in [-0.4, -0.2) is 37.0 Å². The Hall–Kier alpha value is -2.40. The Labute approximate surface area is 160 Å². The lowest BCUT2D eigenvalue weighted by Gasteiger charge is -2.38. The molecule has 0 unspecified atom stereocenters. The van der Waals surface area contributed by atoms with Gasteiger partial charge in [-0.15, -0.1) is 0 Å². The highest BCUT2D eigenvalue weighted by Crippen LogP contribution is 2.26. The van der Waals surface area contributed by atoms with Crippen molar-refractivity contribution in [2.75, 3.05) is 25.1 Å². The maximum absolute atomic E-state index is 14.0.